The summed E-state index contributed by atoms with van der Waals surface area (Å²) in [6.45, 7) is 0. The molecule has 0 saturated carbocycles. The van der Waals surface area contributed by atoms with Gasteiger partial charge in [-0.3, -0.25) is 14.8 Å². The lowest BCUT2D eigenvalue weighted by Crippen LogP contribution is -2.42. The van der Waals surface area contributed by atoms with Crippen LogP contribution in [0.4, 0.5) is 4.39 Å². The standard InChI is InChI=1S/C18H12FN5O4/c19-13-6-5-10(24-17(27)20-16(26)21-18(24)28)7-9(13)8-14-11-3-1-2-4-12(11)15(25)23-22-14/h1-7H,8H2,(H,23,25)(H2,20,21,26,27,28). The number of halogens is 1. The number of H-pyrrole nitrogens is 3. The Morgan fingerprint density at radius 2 is 1.61 bits per heavy atom. The molecule has 0 bridgehead atoms. The topological polar surface area (TPSA) is 133 Å². The molecule has 0 atom stereocenters. The lowest BCUT2D eigenvalue weighted by Gasteiger charge is -2.09. The van der Waals surface area contributed by atoms with Crippen molar-refractivity contribution in [2.45, 2.75) is 6.42 Å². The Kier molecular flexibility index (Phi) is 4.07. The third-order valence-electron chi connectivity index (χ3n) is 4.27. The van der Waals surface area contributed by atoms with Crippen LogP contribution in [0.3, 0.4) is 0 Å². The molecule has 4 aromatic rings. The molecule has 0 fully saturated rings. The molecular formula is C18H12FN5O4. The molecule has 4 rings (SSSR count). The van der Waals surface area contributed by atoms with Crippen molar-refractivity contribution in [2.24, 2.45) is 0 Å². The van der Waals surface area contributed by atoms with Gasteiger partial charge in [-0.2, -0.15) is 5.10 Å². The highest BCUT2D eigenvalue weighted by Crippen LogP contribution is 2.19. The van der Waals surface area contributed by atoms with Gasteiger partial charge in [0.1, 0.15) is 5.82 Å². The van der Waals surface area contributed by atoms with Crippen LogP contribution in [0.25, 0.3) is 16.5 Å². The molecule has 0 aliphatic rings. The van der Waals surface area contributed by atoms with Crippen LogP contribution in [0.5, 0.6) is 0 Å². The second kappa shape index (κ2) is 6.58. The van der Waals surface area contributed by atoms with Gasteiger partial charge in [-0.15, -0.1) is 0 Å². The number of hydrogen-bond donors (Lipinski definition) is 3. The average molecular weight is 381 g/mol. The molecule has 10 heteroatoms. The molecule has 0 unspecified atom stereocenters. The van der Waals surface area contributed by atoms with Gasteiger partial charge < -0.3 is 0 Å². The number of hydrogen-bond acceptors (Lipinski definition) is 5. The molecule has 0 radical (unpaired) electrons. The molecule has 3 N–H and O–H groups in total. The molecule has 2 aromatic heterocycles. The van der Waals surface area contributed by atoms with Crippen molar-refractivity contribution in [2.75, 3.05) is 0 Å². The molecule has 9 nitrogen and oxygen atoms in total. The van der Waals surface area contributed by atoms with Crippen LogP contribution in [0.15, 0.2) is 61.6 Å². The van der Waals surface area contributed by atoms with Gasteiger partial charge in [-0.05, 0) is 29.8 Å². The summed E-state index contributed by atoms with van der Waals surface area (Å²) in [4.78, 5) is 50.9. The number of rotatable bonds is 3. The fourth-order valence-corrected chi connectivity index (χ4v) is 2.99. The van der Waals surface area contributed by atoms with E-state index >= 15 is 0 Å². The SMILES string of the molecule is O=c1[nH]c(=O)n(-c2ccc(F)c(Cc3n[nH]c(=O)c4ccccc34)c2)c(=O)[nH]1. The van der Waals surface area contributed by atoms with Gasteiger partial charge in [0.2, 0.25) is 0 Å². The van der Waals surface area contributed by atoms with E-state index in [9.17, 15) is 23.6 Å². The number of aromatic nitrogens is 5. The highest BCUT2D eigenvalue weighted by Gasteiger charge is 2.13. The maximum Gasteiger partial charge on any atom is 0.338 e. The lowest BCUT2D eigenvalue weighted by molar-refractivity contribution is 0.611. The molecule has 2 aromatic carbocycles. The molecular weight excluding hydrogens is 369 g/mol. The van der Waals surface area contributed by atoms with Crippen LogP contribution in [-0.4, -0.2) is 24.7 Å². The Bertz CT molecular complexity index is 1410. The van der Waals surface area contributed by atoms with Gasteiger partial charge in [0.05, 0.1) is 16.8 Å². The molecule has 0 amide bonds. The largest absolute Gasteiger partial charge is 0.338 e. The van der Waals surface area contributed by atoms with E-state index in [2.05, 4.69) is 10.2 Å². The van der Waals surface area contributed by atoms with E-state index in [0.29, 0.717) is 21.0 Å². The van der Waals surface area contributed by atoms with Gasteiger partial charge in [0, 0.05) is 11.8 Å². The van der Waals surface area contributed by atoms with E-state index in [1.165, 1.54) is 12.1 Å². The first kappa shape index (κ1) is 17.3. The Balaban J connectivity index is 1.86. The minimum absolute atomic E-state index is 0.00692. The number of fused-ring (bicyclic) bond motifs is 1. The van der Waals surface area contributed by atoms with E-state index in [1.54, 1.807) is 24.3 Å². The monoisotopic (exact) mass is 381 g/mol. The number of benzene rings is 2. The van der Waals surface area contributed by atoms with Crippen molar-refractivity contribution in [3.05, 3.63) is 101 Å². The molecule has 2 heterocycles. The molecule has 0 aliphatic heterocycles. The fourth-order valence-electron chi connectivity index (χ4n) is 2.99. The van der Waals surface area contributed by atoms with Crippen LogP contribution in [0.2, 0.25) is 0 Å². The van der Waals surface area contributed by atoms with E-state index in [1.807, 2.05) is 9.97 Å². The van der Waals surface area contributed by atoms with Gasteiger partial charge in [-0.1, -0.05) is 18.2 Å². The van der Waals surface area contributed by atoms with Crippen LogP contribution < -0.4 is 22.6 Å². The van der Waals surface area contributed by atoms with Crippen LogP contribution in [0.1, 0.15) is 11.3 Å². The second-order valence-corrected chi connectivity index (χ2v) is 6.02. The first-order valence-electron chi connectivity index (χ1n) is 8.15. The summed E-state index contributed by atoms with van der Waals surface area (Å²) in [5, 5.41) is 7.36. The predicted octanol–water partition coefficient (Wildman–Crippen LogP) is 0.180. The highest BCUT2D eigenvalue weighted by atomic mass is 19.1. The van der Waals surface area contributed by atoms with E-state index in [4.69, 9.17) is 0 Å². The summed E-state index contributed by atoms with van der Waals surface area (Å²) in [5.41, 5.74) is -2.53. The molecule has 0 saturated heterocycles. The Labute approximate surface area is 154 Å². The first-order chi connectivity index (χ1) is 13.4. The molecule has 140 valence electrons. The fraction of sp³-hybridized carbons (Fsp3) is 0.0556. The van der Waals surface area contributed by atoms with Crippen molar-refractivity contribution in [1.29, 1.82) is 0 Å². The summed E-state index contributed by atoms with van der Waals surface area (Å²) in [6.07, 6.45) is 0.00692. The minimum Gasteiger partial charge on any atom is -0.267 e. The maximum absolute atomic E-state index is 14.4. The normalized spacial score (nSPS) is 11.0. The van der Waals surface area contributed by atoms with E-state index in [0.717, 1.165) is 6.07 Å². The second-order valence-electron chi connectivity index (χ2n) is 6.02. The average Bonchev–Trinajstić information content (AvgIpc) is 2.66. The molecule has 0 aliphatic carbocycles. The maximum atomic E-state index is 14.4. The zero-order chi connectivity index (χ0) is 19.8. The lowest BCUT2D eigenvalue weighted by atomic mass is 10.0. The highest BCUT2D eigenvalue weighted by molar-refractivity contribution is 5.83. The summed E-state index contributed by atoms with van der Waals surface area (Å²) in [5.74, 6) is -0.574. The zero-order valence-corrected chi connectivity index (χ0v) is 14.2. The van der Waals surface area contributed by atoms with Gasteiger partial charge in [0.15, 0.2) is 0 Å². The van der Waals surface area contributed by atoms with Crippen molar-refractivity contribution in [3.63, 3.8) is 0 Å². The summed E-state index contributed by atoms with van der Waals surface area (Å²) >= 11 is 0. The molecule has 28 heavy (non-hydrogen) atoms. The van der Waals surface area contributed by atoms with Gasteiger partial charge in [-0.25, -0.2) is 28.4 Å². The minimum atomic E-state index is -0.945. The quantitative estimate of drug-likeness (QED) is 0.466. The van der Waals surface area contributed by atoms with Gasteiger partial charge in [0.25, 0.3) is 5.56 Å². The molecule has 0 spiro atoms. The van der Waals surface area contributed by atoms with Crippen molar-refractivity contribution < 1.29 is 4.39 Å². The van der Waals surface area contributed by atoms with Crippen LogP contribution in [-0.2, 0) is 6.42 Å². The van der Waals surface area contributed by atoms with Crippen molar-refractivity contribution >= 4 is 10.8 Å². The van der Waals surface area contributed by atoms with Crippen LogP contribution >= 0.6 is 0 Å². The number of nitrogens with zero attached hydrogens (tertiary/aromatic N) is 2. The van der Waals surface area contributed by atoms with E-state index < -0.39 is 22.9 Å². The van der Waals surface area contributed by atoms with Crippen LogP contribution in [0, 0.1) is 5.82 Å². The smallest absolute Gasteiger partial charge is 0.267 e. The van der Waals surface area contributed by atoms with E-state index in [-0.39, 0.29) is 23.2 Å². The van der Waals surface area contributed by atoms with Crippen molar-refractivity contribution in [1.82, 2.24) is 24.7 Å². The zero-order valence-electron chi connectivity index (χ0n) is 14.2. The third-order valence-corrected chi connectivity index (χ3v) is 4.27. The Morgan fingerprint density at radius 1 is 0.929 bits per heavy atom. The summed E-state index contributed by atoms with van der Waals surface area (Å²) in [7, 11) is 0. The van der Waals surface area contributed by atoms with Gasteiger partial charge >= 0.3 is 17.1 Å². The summed E-state index contributed by atoms with van der Waals surface area (Å²) < 4.78 is 15.1. The predicted molar refractivity (Wildman–Crippen MR) is 98.4 cm³/mol. The number of nitrogens with one attached hydrogen (secondary N) is 3. The first-order valence-corrected chi connectivity index (χ1v) is 8.15. The van der Waals surface area contributed by atoms with Crippen molar-refractivity contribution in [3.8, 4) is 5.69 Å². The Morgan fingerprint density at radius 3 is 2.32 bits per heavy atom. The summed E-state index contributed by atoms with van der Waals surface area (Å²) in [6, 6.07) is 10.4. The Hall–Kier alpha value is -4.08. The third kappa shape index (κ3) is 2.96. The number of aromatic amines is 3.